The average molecular weight is 727 g/mol. The third-order valence-electron chi connectivity index (χ3n) is 9.74. The SMILES string of the molecule is Cc1cc(C)c(C(=O)Nc2ccc(F)[c]([Ti]([C]3=CC=CC3)([C]3=CC=CC3)[c]3c(F)ccc(NC(=O)c4c(C)cc(C)cc4C)c3F)c2F)c(C)c1. The molecule has 0 aromatic heterocycles. The summed E-state index contributed by atoms with van der Waals surface area (Å²) in [5.41, 5.74) is 4.74. The Kier molecular flexibility index (Phi) is 9.95. The number of allylic oxidation sites excluding steroid dienone is 8. The van der Waals surface area contributed by atoms with Crippen LogP contribution in [0.5, 0.6) is 0 Å². The third-order valence-corrected chi connectivity index (χ3v) is 17.7. The Morgan fingerprint density at radius 3 is 1.24 bits per heavy atom. The Morgan fingerprint density at radius 1 is 0.569 bits per heavy atom. The van der Waals surface area contributed by atoms with Crippen LogP contribution >= 0.6 is 0 Å². The van der Waals surface area contributed by atoms with E-state index >= 15 is 17.6 Å². The van der Waals surface area contributed by atoms with Gasteiger partial charge in [0.15, 0.2) is 0 Å². The van der Waals surface area contributed by atoms with E-state index in [-0.39, 0.29) is 24.2 Å². The van der Waals surface area contributed by atoms with Crippen LogP contribution in [0.1, 0.15) is 66.9 Å². The molecule has 9 heteroatoms. The fourth-order valence-corrected chi connectivity index (χ4v) is 16.1. The van der Waals surface area contributed by atoms with Crippen molar-refractivity contribution in [1.29, 1.82) is 0 Å². The quantitative estimate of drug-likeness (QED) is 0.141. The van der Waals surface area contributed by atoms with Crippen molar-refractivity contribution >= 4 is 30.9 Å². The molecule has 260 valence electrons. The normalized spacial score (nSPS) is 13.8. The molecule has 0 spiro atoms. The summed E-state index contributed by atoms with van der Waals surface area (Å²) in [6.07, 6.45) is 10.8. The van der Waals surface area contributed by atoms with Gasteiger partial charge in [0.1, 0.15) is 0 Å². The van der Waals surface area contributed by atoms with Crippen molar-refractivity contribution in [2.75, 3.05) is 10.6 Å². The first-order chi connectivity index (χ1) is 24.2. The van der Waals surface area contributed by atoms with E-state index in [0.29, 0.717) is 41.1 Å². The number of hydrogen-bond donors (Lipinski definition) is 2. The van der Waals surface area contributed by atoms with Crippen molar-refractivity contribution in [2.24, 2.45) is 0 Å². The first kappa shape index (κ1) is 36.0. The number of halogens is 4. The second kappa shape index (κ2) is 14.1. The summed E-state index contributed by atoms with van der Waals surface area (Å²) in [6.45, 7) is 10.9. The zero-order valence-corrected chi connectivity index (χ0v) is 30.9. The van der Waals surface area contributed by atoms with Gasteiger partial charge in [0.2, 0.25) is 0 Å². The van der Waals surface area contributed by atoms with Crippen molar-refractivity contribution in [2.45, 2.75) is 54.4 Å². The molecular formula is C42H38F4N2O2Ti. The third kappa shape index (κ3) is 6.36. The first-order valence-corrected chi connectivity index (χ1v) is 19.9. The minimum absolute atomic E-state index is 0.214. The van der Waals surface area contributed by atoms with Gasteiger partial charge in [-0.3, -0.25) is 0 Å². The molecule has 0 fully saturated rings. The van der Waals surface area contributed by atoms with Gasteiger partial charge >= 0.3 is 300 Å². The molecule has 0 bridgehead atoms. The minimum atomic E-state index is -5.25. The van der Waals surface area contributed by atoms with Crippen LogP contribution in [0, 0.1) is 64.8 Å². The van der Waals surface area contributed by atoms with E-state index in [2.05, 4.69) is 10.6 Å². The van der Waals surface area contributed by atoms with Crippen LogP contribution in [-0.4, -0.2) is 11.8 Å². The molecule has 0 aliphatic heterocycles. The molecule has 2 aliphatic carbocycles. The van der Waals surface area contributed by atoms with E-state index in [0.717, 1.165) is 35.4 Å². The Morgan fingerprint density at radius 2 is 0.922 bits per heavy atom. The number of carbonyl (C=O) groups excluding carboxylic acids is 2. The second-order valence-electron chi connectivity index (χ2n) is 13.4. The summed E-state index contributed by atoms with van der Waals surface area (Å²) in [4.78, 5) is 27.3. The zero-order chi connectivity index (χ0) is 36.8. The van der Waals surface area contributed by atoms with Gasteiger partial charge < -0.3 is 0 Å². The number of aryl methyl sites for hydroxylation is 6. The molecule has 51 heavy (non-hydrogen) atoms. The Balaban J connectivity index is 1.57. The van der Waals surface area contributed by atoms with Gasteiger partial charge in [0, 0.05) is 0 Å². The van der Waals surface area contributed by atoms with Gasteiger partial charge in [-0.15, -0.1) is 0 Å². The Bertz CT molecular complexity index is 2060. The number of rotatable bonds is 8. The van der Waals surface area contributed by atoms with Crippen LogP contribution in [0.2, 0.25) is 0 Å². The molecule has 0 atom stereocenters. The number of amides is 2. The maximum absolute atomic E-state index is 17.3. The van der Waals surface area contributed by atoms with E-state index in [1.807, 2.05) is 38.1 Å². The number of carbonyl (C=O) groups is 2. The van der Waals surface area contributed by atoms with Crippen LogP contribution in [0.15, 0.2) is 92.7 Å². The summed E-state index contributed by atoms with van der Waals surface area (Å²) >= 11 is -5.25. The summed E-state index contributed by atoms with van der Waals surface area (Å²) in [6, 6.07) is 11.7. The van der Waals surface area contributed by atoms with Crippen LogP contribution in [-0.2, 0) is 16.6 Å². The summed E-state index contributed by atoms with van der Waals surface area (Å²) in [5, 5.41) is 5.27. The zero-order valence-electron chi connectivity index (χ0n) is 29.3. The van der Waals surface area contributed by atoms with E-state index in [1.165, 1.54) is 0 Å². The monoisotopic (exact) mass is 726 g/mol. The predicted molar refractivity (Wildman–Crippen MR) is 193 cm³/mol. The van der Waals surface area contributed by atoms with Gasteiger partial charge in [-0.1, -0.05) is 0 Å². The first-order valence-electron chi connectivity index (χ1n) is 16.7. The molecule has 0 saturated carbocycles. The van der Waals surface area contributed by atoms with Gasteiger partial charge in [0.25, 0.3) is 0 Å². The van der Waals surface area contributed by atoms with Crippen molar-refractivity contribution in [3.63, 3.8) is 0 Å². The molecule has 4 aromatic rings. The molecule has 0 saturated heterocycles. The fourth-order valence-electron chi connectivity index (χ4n) is 7.86. The molecule has 2 amide bonds. The van der Waals surface area contributed by atoms with E-state index < -0.39 is 59.4 Å². The van der Waals surface area contributed by atoms with E-state index in [9.17, 15) is 9.59 Å². The molecule has 0 unspecified atom stereocenters. The van der Waals surface area contributed by atoms with E-state index in [4.69, 9.17) is 0 Å². The number of benzene rings is 4. The molecule has 6 rings (SSSR count). The van der Waals surface area contributed by atoms with Crippen molar-refractivity contribution in [3.8, 4) is 0 Å². The van der Waals surface area contributed by atoms with Crippen molar-refractivity contribution in [3.05, 3.63) is 161 Å². The number of hydrogen-bond acceptors (Lipinski definition) is 2. The summed E-state index contributed by atoms with van der Waals surface area (Å²) in [5.74, 6) is -5.32. The molecular weight excluding hydrogens is 688 g/mol. The Labute approximate surface area is 299 Å². The van der Waals surface area contributed by atoms with Crippen LogP contribution in [0.3, 0.4) is 0 Å². The predicted octanol–water partition coefficient (Wildman–Crippen LogP) is 9.39. The maximum atomic E-state index is 17.3. The number of nitrogens with one attached hydrogen (secondary N) is 2. The molecule has 4 aromatic carbocycles. The van der Waals surface area contributed by atoms with Gasteiger partial charge in [-0.25, -0.2) is 0 Å². The topological polar surface area (TPSA) is 58.2 Å². The van der Waals surface area contributed by atoms with Crippen molar-refractivity contribution in [1.82, 2.24) is 0 Å². The molecule has 4 nitrogen and oxygen atoms in total. The van der Waals surface area contributed by atoms with Gasteiger partial charge in [-0.2, -0.15) is 0 Å². The summed E-state index contributed by atoms with van der Waals surface area (Å²) < 4.78 is 67.7. The Hall–Kier alpha value is -4.79. The number of anilines is 2. The van der Waals surface area contributed by atoms with Gasteiger partial charge in [-0.05, 0) is 0 Å². The molecule has 0 heterocycles. The van der Waals surface area contributed by atoms with Crippen molar-refractivity contribution < 1.29 is 43.7 Å². The fraction of sp³-hybridized carbons (Fsp3) is 0.190. The second-order valence-corrected chi connectivity index (χ2v) is 19.3. The molecule has 2 aliphatic rings. The van der Waals surface area contributed by atoms with Crippen LogP contribution in [0.4, 0.5) is 28.9 Å². The molecule has 0 radical (unpaired) electrons. The summed E-state index contributed by atoms with van der Waals surface area (Å²) in [7, 11) is 0. The van der Waals surface area contributed by atoms with Gasteiger partial charge in [0.05, 0.1) is 0 Å². The van der Waals surface area contributed by atoms with Crippen LogP contribution < -0.4 is 18.4 Å². The average Bonchev–Trinajstić information content (AvgIpc) is 3.78. The van der Waals surface area contributed by atoms with Crippen LogP contribution in [0.25, 0.3) is 0 Å². The van der Waals surface area contributed by atoms with E-state index in [1.54, 1.807) is 64.2 Å². The standard InChI is InChI=1S/2C16H14F2NO.2C5H5.Ti/c2*1-9-6-10(2)15(11(3)7-9)16(20)19-14-5-4-12(17)8-13(14)18;2*1-2-4-5-3-1;/h2*4-7H,1-3H3,(H,19,20);2*1-3H,4H2;. The molecule has 2 N–H and O–H groups in total.